The Morgan fingerprint density at radius 2 is 2.10 bits per heavy atom. The van der Waals surface area contributed by atoms with Gasteiger partial charge in [-0.25, -0.2) is 4.98 Å². The Morgan fingerprint density at radius 3 is 2.71 bits per heavy atom. The average molecular weight is 289 g/mol. The third kappa shape index (κ3) is 3.74. The highest BCUT2D eigenvalue weighted by molar-refractivity contribution is 5.95. The number of nitrogens with two attached hydrogens (primary N) is 1. The van der Waals surface area contributed by atoms with E-state index in [1.54, 1.807) is 6.07 Å². The Kier molecular flexibility index (Phi) is 4.86. The molecule has 1 aliphatic carbocycles. The summed E-state index contributed by atoms with van der Waals surface area (Å²) in [5.74, 6) is 1.45. The molecular weight excluding hydrogens is 262 g/mol. The van der Waals surface area contributed by atoms with Gasteiger partial charge < -0.3 is 10.6 Å². The number of carbonyl (C=O) groups is 1. The van der Waals surface area contributed by atoms with Crippen molar-refractivity contribution in [1.82, 2.24) is 9.88 Å². The molecule has 0 bridgehead atoms. The van der Waals surface area contributed by atoms with E-state index in [-0.39, 0.29) is 11.8 Å². The molecule has 0 aliphatic heterocycles. The largest absolute Gasteiger partial charge is 0.384 e. The van der Waals surface area contributed by atoms with Gasteiger partial charge in [0.05, 0.1) is 0 Å². The molecule has 1 saturated carbocycles. The fraction of sp³-hybridized carbons (Fsp3) is 0.647. The molecule has 1 heterocycles. The summed E-state index contributed by atoms with van der Waals surface area (Å²) in [6, 6.07) is 3.92. The van der Waals surface area contributed by atoms with E-state index in [1.165, 1.54) is 12.8 Å². The molecule has 0 aromatic carbocycles. The van der Waals surface area contributed by atoms with Crippen LogP contribution < -0.4 is 5.73 Å². The lowest BCUT2D eigenvalue weighted by atomic mass is 9.86. The number of hydrogen-bond acceptors (Lipinski definition) is 3. The monoisotopic (exact) mass is 289 g/mol. The van der Waals surface area contributed by atoms with Crippen LogP contribution in [0.4, 0.5) is 5.82 Å². The second kappa shape index (κ2) is 6.46. The van der Waals surface area contributed by atoms with Crippen molar-refractivity contribution in [2.45, 2.75) is 58.4 Å². The third-order valence-electron chi connectivity index (χ3n) is 4.48. The second-order valence-electron chi connectivity index (χ2n) is 6.70. The van der Waals surface area contributed by atoms with Crippen molar-refractivity contribution in [2.24, 2.45) is 5.92 Å². The number of pyridine rings is 1. The quantitative estimate of drug-likeness (QED) is 0.927. The molecule has 4 heteroatoms. The number of rotatable bonds is 3. The lowest BCUT2D eigenvalue weighted by Crippen LogP contribution is -2.39. The number of carbonyl (C=O) groups excluding carboxylic acids is 1. The maximum atomic E-state index is 12.7. The minimum atomic E-state index is 0.0603. The van der Waals surface area contributed by atoms with Crippen molar-refractivity contribution in [1.29, 1.82) is 0 Å². The lowest BCUT2D eigenvalue weighted by Gasteiger charge is -2.34. The van der Waals surface area contributed by atoms with Gasteiger partial charge in [0, 0.05) is 24.3 Å². The van der Waals surface area contributed by atoms with E-state index in [9.17, 15) is 4.79 Å². The van der Waals surface area contributed by atoms with Crippen LogP contribution in [0.15, 0.2) is 12.1 Å². The van der Waals surface area contributed by atoms with Gasteiger partial charge in [-0.2, -0.15) is 0 Å². The molecule has 2 atom stereocenters. The van der Waals surface area contributed by atoms with Gasteiger partial charge in [-0.3, -0.25) is 4.79 Å². The molecule has 0 saturated heterocycles. The fourth-order valence-electron chi connectivity index (χ4n) is 3.12. The first-order valence-corrected chi connectivity index (χ1v) is 7.93. The Labute approximate surface area is 127 Å². The zero-order chi connectivity index (χ0) is 15.6. The predicted molar refractivity (Wildman–Crippen MR) is 86.3 cm³/mol. The number of nitrogen functional groups attached to an aromatic ring is 1. The van der Waals surface area contributed by atoms with E-state index in [4.69, 9.17) is 5.73 Å². The topological polar surface area (TPSA) is 59.2 Å². The minimum Gasteiger partial charge on any atom is -0.384 e. The van der Waals surface area contributed by atoms with E-state index < -0.39 is 0 Å². The SMILES string of the molecule is CC1CCCC(N(C)C(=O)c2cc(N)nc(C(C)C)c2)C1. The molecule has 1 aromatic heterocycles. The number of hydrogen-bond donors (Lipinski definition) is 1. The van der Waals surface area contributed by atoms with Crippen LogP contribution in [0.3, 0.4) is 0 Å². The first kappa shape index (κ1) is 15.8. The van der Waals surface area contributed by atoms with Crippen molar-refractivity contribution >= 4 is 11.7 Å². The van der Waals surface area contributed by atoms with Crippen LogP contribution in [0, 0.1) is 5.92 Å². The average Bonchev–Trinajstić information content (AvgIpc) is 2.45. The zero-order valence-corrected chi connectivity index (χ0v) is 13.6. The van der Waals surface area contributed by atoms with E-state index in [2.05, 4.69) is 25.8 Å². The molecule has 2 rings (SSSR count). The number of aromatic nitrogens is 1. The first-order valence-electron chi connectivity index (χ1n) is 7.93. The van der Waals surface area contributed by atoms with Crippen molar-refractivity contribution in [3.63, 3.8) is 0 Å². The van der Waals surface area contributed by atoms with Gasteiger partial charge >= 0.3 is 0 Å². The summed E-state index contributed by atoms with van der Waals surface area (Å²) in [4.78, 5) is 18.9. The summed E-state index contributed by atoms with van der Waals surface area (Å²) in [6.45, 7) is 6.39. The minimum absolute atomic E-state index is 0.0603. The number of nitrogens with zero attached hydrogens (tertiary/aromatic N) is 2. The van der Waals surface area contributed by atoms with Gasteiger partial charge in [0.2, 0.25) is 0 Å². The van der Waals surface area contributed by atoms with Crippen molar-refractivity contribution in [3.8, 4) is 0 Å². The third-order valence-corrected chi connectivity index (χ3v) is 4.48. The van der Waals surface area contributed by atoms with Gasteiger partial charge in [0.15, 0.2) is 0 Å². The summed E-state index contributed by atoms with van der Waals surface area (Å²) in [6.07, 6.45) is 4.68. The van der Waals surface area contributed by atoms with Crippen molar-refractivity contribution in [2.75, 3.05) is 12.8 Å². The maximum Gasteiger partial charge on any atom is 0.254 e. The molecule has 1 aromatic rings. The molecule has 1 aliphatic rings. The molecule has 0 spiro atoms. The zero-order valence-electron chi connectivity index (χ0n) is 13.6. The molecule has 2 unspecified atom stereocenters. The second-order valence-corrected chi connectivity index (χ2v) is 6.70. The smallest absolute Gasteiger partial charge is 0.254 e. The molecule has 1 amide bonds. The summed E-state index contributed by atoms with van der Waals surface area (Å²) in [5, 5.41) is 0. The van der Waals surface area contributed by atoms with Gasteiger partial charge in [0.25, 0.3) is 5.91 Å². The molecular formula is C17H27N3O. The standard InChI is InChI=1S/C17H27N3O/c1-11(2)15-9-13(10-16(18)19-15)17(21)20(4)14-7-5-6-12(3)8-14/h9-12,14H,5-8H2,1-4H3,(H2,18,19). The molecule has 0 radical (unpaired) electrons. The molecule has 116 valence electrons. The predicted octanol–water partition coefficient (Wildman–Crippen LogP) is 3.44. The fourth-order valence-corrected chi connectivity index (χ4v) is 3.12. The number of amides is 1. The Balaban J connectivity index is 2.18. The van der Waals surface area contributed by atoms with Gasteiger partial charge in [0.1, 0.15) is 5.82 Å². The highest BCUT2D eigenvalue weighted by atomic mass is 16.2. The normalized spacial score (nSPS) is 22.3. The summed E-state index contributed by atoms with van der Waals surface area (Å²) >= 11 is 0. The van der Waals surface area contributed by atoms with E-state index in [0.717, 1.165) is 18.5 Å². The van der Waals surface area contributed by atoms with Gasteiger partial charge in [-0.15, -0.1) is 0 Å². The Morgan fingerprint density at radius 1 is 1.38 bits per heavy atom. The highest BCUT2D eigenvalue weighted by Gasteiger charge is 2.26. The molecule has 1 fully saturated rings. The Bertz CT molecular complexity index is 513. The van der Waals surface area contributed by atoms with Gasteiger partial charge in [-0.1, -0.05) is 33.6 Å². The van der Waals surface area contributed by atoms with E-state index >= 15 is 0 Å². The van der Waals surface area contributed by atoms with Crippen molar-refractivity contribution in [3.05, 3.63) is 23.4 Å². The summed E-state index contributed by atoms with van der Waals surface area (Å²) in [7, 11) is 1.91. The van der Waals surface area contributed by atoms with Crippen LogP contribution in [-0.2, 0) is 0 Å². The van der Waals surface area contributed by atoms with Crippen LogP contribution >= 0.6 is 0 Å². The van der Waals surface area contributed by atoms with E-state index in [0.29, 0.717) is 23.3 Å². The summed E-state index contributed by atoms with van der Waals surface area (Å²) < 4.78 is 0. The van der Waals surface area contributed by atoms with Crippen molar-refractivity contribution < 1.29 is 4.79 Å². The first-order chi connectivity index (χ1) is 9.88. The summed E-state index contributed by atoms with van der Waals surface area (Å²) in [5.41, 5.74) is 7.39. The molecule has 21 heavy (non-hydrogen) atoms. The Hall–Kier alpha value is -1.58. The van der Waals surface area contributed by atoms with Crippen LogP contribution in [0.5, 0.6) is 0 Å². The van der Waals surface area contributed by atoms with Crippen LogP contribution in [-0.4, -0.2) is 28.9 Å². The number of anilines is 1. The van der Waals surface area contributed by atoms with Crippen LogP contribution in [0.1, 0.15) is 68.4 Å². The maximum absolute atomic E-state index is 12.7. The molecule has 2 N–H and O–H groups in total. The van der Waals surface area contributed by atoms with Crippen LogP contribution in [0.25, 0.3) is 0 Å². The van der Waals surface area contributed by atoms with Gasteiger partial charge in [-0.05, 0) is 36.8 Å². The van der Waals surface area contributed by atoms with Crippen LogP contribution in [0.2, 0.25) is 0 Å². The molecule has 4 nitrogen and oxygen atoms in total. The van der Waals surface area contributed by atoms with E-state index in [1.807, 2.05) is 18.0 Å². The lowest BCUT2D eigenvalue weighted by molar-refractivity contribution is 0.0672. The highest BCUT2D eigenvalue weighted by Crippen LogP contribution is 2.28.